The van der Waals surface area contributed by atoms with Gasteiger partial charge in [0.2, 0.25) is 5.88 Å². The fourth-order valence-electron chi connectivity index (χ4n) is 5.23. The first-order valence-corrected chi connectivity index (χ1v) is 13.3. The molecular formula is C29H35FN4O3. The van der Waals surface area contributed by atoms with Gasteiger partial charge in [0.15, 0.2) is 0 Å². The van der Waals surface area contributed by atoms with Crippen molar-refractivity contribution in [3.63, 3.8) is 0 Å². The molecule has 3 heterocycles. The van der Waals surface area contributed by atoms with Gasteiger partial charge in [0.25, 0.3) is 5.91 Å². The molecule has 1 atom stereocenters. The summed E-state index contributed by atoms with van der Waals surface area (Å²) in [6.45, 7) is 7.70. The molecule has 1 amide bonds. The first-order valence-electron chi connectivity index (χ1n) is 13.3. The molecule has 0 aliphatic carbocycles. The molecule has 1 aromatic heterocycles. The predicted octanol–water partition coefficient (Wildman–Crippen LogP) is 4.83. The second-order valence-electron chi connectivity index (χ2n) is 9.91. The van der Waals surface area contributed by atoms with Crippen molar-refractivity contribution in [2.75, 3.05) is 50.8 Å². The van der Waals surface area contributed by atoms with Crippen LogP contribution in [-0.4, -0.2) is 72.8 Å². The van der Waals surface area contributed by atoms with E-state index in [1.54, 1.807) is 17.0 Å². The van der Waals surface area contributed by atoms with Crippen LogP contribution in [0.1, 0.15) is 42.1 Å². The van der Waals surface area contributed by atoms with Crippen LogP contribution in [0.25, 0.3) is 11.3 Å². The number of ether oxygens (including phenoxy) is 1. The van der Waals surface area contributed by atoms with E-state index >= 15 is 0 Å². The van der Waals surface area contributed by atoms with Gasteiger partial charge in [-0.2, -0.15) is 0 Å². The first kappa shape index (κ1) is 25.4. The lowest BCUT2D eigenvalue weighted by atomic mass is 10.0. The molecule has 2 fully saturated rings. The van der Waals surface area contributed by atoms with Crippen molar-refractivity contribution in [2.24, 2.45) is 0 Å². The van der Waals surface area contributed by atoms with Gasteiger partial charge in [-0.15, -0.1) is 0 Å². The van der Waals surface area contributed by atoms with Gasteiger partial charge in [-0.05, 0) is 44.4 Å². The van der Waals surface area contributed by atoms with Crippen LogP contribution in [0.2, 0.25) is 0 Å². The number of carbonyl (C=O) groups is 1. The molecule has 0 bridgehead atoms. The van der Waals surface area contributed by atoms with E-state index in [1.807, 2.05) is 30.3 Å². The maximum atomic E-state index is 14.1. The van der Waals surface area contributed by atoms with E-state index in [1.165, 1.54) is 18.6 Å². The summed E-state index contributed by atoms with van der Waals surface area (Å²) in [6.07, 6.45) is 3.37. The molecule has 2 aliphatic heterocycles. The van der Waals surface area contributed by atoms with Gasteiger partial charge in [-0.1, -0.05) is 41.6 Å². The summed E-state index contributed by atoms with van der Waals surface area (Å²) >= 11 is 0. The Labute approximate surface area is 217 Å². The normalized spacial score (nSPS) is 18.6. The molecule has 0 unspecified atom stereocenters. The number of aromatic nitrogens is 1. The predicted molar refractivity (Wildman–Crippen MR) is 141 cm³/mol. The molecule has 2 aliphatic rings. The molecule has 7 nitrogen and oxygen atoms in total. The van der Waals surface area contributed by atoms with Gasteiger partial charge in [-0.3, -0.25) is 9.69 Å². The summed E-state index contributed by atoms with van der Waals surface area (Å²) in [7, 11) is 0. The average Bonchev–Trinajstić information content (AvgIpc) is 3.35. The summed E-state index contributed by atoms with van der Waals surface area (Å²) in [6, 6.07) is 16.2. The van der Waals surface area contributed by atoms with Gasteiger partial charge < -0.3 is 19.1 Å². The number of rotatable bonds is 8. The van der Waals surface area contributed by atoms with Gasteiger partial charge in [0.05, 0.1) is 25.3 Å². The molecule has 2 saturated heterocycles. The Kier molecular flexibility index (Phi) is 8.16. The Morgan fingerprint density at radius 2 is 1.89 bits per heavy atom. The monoisotopic (exact) mass is 506 g/mol. The van der Waals surface area contributed by atoms with Crippen molar-refractivity contribution < 1.29 is 18.4 Å². The van der Waals surface area contributed by atoms with E-state index in [0.717, 1.165) is 55.2 Å². The first-order chi connectivity index (χ1) is 18.1. The minimum absolute atomic E-state index is 0.203. The molecular weight excluding hydrogens is 471 g/mol. The number of benzene rings is 2. The molecule has 0 spiro atoms. The summed E-state index contributed by atoms with van der Waals surface area (Å²) in [5.74, 6) is 0.108. The topological polar surface area (TPSA) is 62.1 Å². The number of carbonyl (C=O) groups excluding carboxylic acids is 1. The van der Waals surface area contributed by atoms with Crippen molar-refractivity contribution >= 4 is 11.8 Å². The number of hydrogen-bond acceptors (Lipinski definition) is 6. The van der Waals surface area contributed by atoms with Crippen LogP contribution in [-0.2, 0) is 11.3 Å². The van der Waals surface area contributed by atoms with Crippen LogP contribution in [0, 0.1) is 5.82 Å². The highest BCUT2D eigenvalue weighted by Gasteiger charge is 2.30. The van der Waals surface area contributed by atoms with E-state index in [-0.39, 0.29) is 5.91 Å². The average molecular weight is 507 g/mol. The van der Waals surface area contributed by atoms with Crippen molar-refractivity contribution in [1.82, 2.24) is 15.0 Å². The largest absolute Gasteiger partial charge is 0.379 e. The summed E-state index contributed by atoms with van der Waals surface area (Å²) in [4.78, 5) is 20.1. The van der Waals surface area contributed by atoms with Crippen LogP contribution >= 0.6 is 0 Å². The molecule has 0 radical (unpaired) electrons. The minimum atomic E-state index is -0.420. The van der Waals surface area contributed by atoms with E-state index in [2.05, 4.69) is 21.9 Å². The SMILES string of the molecule is C[C@H]1CCCCN1c1onc(-c2ccccc2)c1CN(CCN1CCOCC1)C(=O)c1cccc(F)c1. The van der Waals surface area contributed by atoms with E-state index in [0.29, 0.717) is 44.5 Å². The van der Waals surface area contributed by atoms with Crippen molar-refractivity contribution in [2.45, 2.75) is 38.8 Å². The van der Waals surface area contributed by atoms with Crippen molar-refractivity contribution in [3.8, 4) is 11.3 Å². The van der Waals surface area contributed by atoms with Gasteiger partial charge in [0.1, 0.15) is 11.5 Å². The van der Waals surface area contributed by atoms with Crippen LogP contribution in [0.15, 0.2) is 59.1 Å². The van der Waals surface area contributed by atoms with Crippen LogP contribution in [0.4, 0.5) is 10.3 Å². The van der Waals surface area contributed by atoms with Gasteiger partial charge in [0, 0.05) is 49.9 Å². The molecule has 5 rings (SSSR count). The van der Waals surface area contributed by atoms with E-state index in [9.17, 15) is 9.18 Å². The third kappa shape index (κ3) is 6.02. The fourth-order valence-corrected chi connectivity index (χ4v) is 5.23. The Hall–Kier alpha value is -3.23. The quantitative estimate of drug-likeness (QED) is 0.436. The molecule has 2 aromatic carbocycles. The third-order valence-electron chi connectivity index (χ3n) is 7.38. The lowest BCUT2D eigenvalue weighted by Crippen LogP contribution is -2.43. The van der Waals surface area contributed by atoms with Gasteiger partial charge >= 0.3 is 0 Å². The number of amides is 1. The highest BCUT2D eigenvalue weighted by atomic mass is 19.1. The van der Waals surface area contributed by atoms with Crippen molar-refractivity contribution in [1.29, 1.82) is 0 Å². The zero-order valence-corrected chi connectivity index (χ0v) is 21.4. The number of halogens is 1. The van der Waals surface area contributed by atoms with E-state index < -0.39 is 5.82 Å². The molecule has 37 heavy (non-hydrogen) atoms. The molecule has 8 heteroatoms. The number of hydrogen-bond donors (Lipinski definition) is 0. The molecule has 196 valence electrons. The maximum Gasteiger partial charge on any atom is 0.254 e. The lowest BCUT2D eigenvalue weighted by molar-refractivity contribution is 0.0320. The smallest absolute Gasteiger partial charge is 0.254 e. The van der Waals surface area contributed by atoms with Gasteiger partial charge in [-0.25, -0.2) is 4.39 Å². The Morgan fingerprint density at radius 3 is 2.65 bits per heavy atom. The van der Waals surface area contributed by atoms with E-state index in [4.69, 9.17) is 9.26 Å². The third-order valence-corrected chi connectivity index (χ3v) is 7.38. The lowest BCUT2D eigenvalue weighted by Gasteiger charge is -2.34. The number of nitrogens with zero attached hydrogens (tertiary/aromatic N) is 4. The Balaban J connectivity index is 1.49. The number of morpholine rings is 1. The fraction of sp³-hybridized carbons (Fsp3) is 0.448. The van der Waals surface area contributed by atoms with Crippen LogP contribution in [0.5, 0.6) is 0 Å². The highest BCUT2D eigenvalue weighted by molar-refractivity contribution is 5.94. The second-order valence-corrected chi connectivity index (χ2v) is 9.91. The number of anilines is 1. The Bertz CT molecular complexity index is 1180. The Morgan fingerprint density at radius 1 is 1.08 bits per heavy atom. The molecule has 0 saturated carbocycles. The van der Waals surface area contributed by atoms with Crippen molar-refractivity contribution in [3.05, 3.63) is 71.5 Å². The maximum absolute atomic E-state index is 14.1. The molecule has 3 aromatic rings. The minimum Gasteiger partial charge on any atom is -0.379 e. The van der Waals surface area contributed by atoms with Crippen LogP contribution in [0.3, 0.4) is 0 Å². The standard InChI is InChI=1S/C29H35FN4O3/c1-22-8-5-6-13-34(22)29-26(27(31-37-29)23-9-3-2-4-10-23)21-33(15-14-32-16-18-36-19-17-32)28(35)24-11-7-12-25(30)20-24/h2-4,7,9-12,20,22H,5-6,8,13-19,21H2,1H3/t22-/m0/s1. The summed E-state index contributed by atoms with van der Waals surface area (Å²) in [5, 5.41) is 4.50. The highest BCUT2D eigenvalue weighted by Crippen LogP contribution is 2.35. The zero-order valence-electron chi connectivity index (χ0n) is 21.4. The molecule has 0 N–H and O–H groups in total. The summed E-state index contributed by atoms with van der Waals surface area (Å²) in [5.41, 5.74) is 2.93. The number of piperidine rings is 1. The second kappa shape index (κ2) is 11.9. The van der Waals surface area contributed by atoms with Crippen LogP contribution < -0.4 is 4.90 Å². The zero-order chi connectivity index (χ0) is 25.6. The summed E-state index contributed by atoms with van der Waals surface area (Å²) < 4.78 is 25.6.